The number of hydrogen-bond acceptors (Lipinski definition) is 2. The lowest BCUT2D eigenvalue weighted by atomic mass is 10.5. The molecule has 0 saturated carbocycles. The molecule has 0 heterocycles. The molecule has 0 aromatic rings. The Bertz CT molecular complexity index is 162. The Kier molecular flexibility index (Phi) is 2.25. The topological polar surface area (TPSA) is 105 Å². The third-order valence-corrected chi connectivity index (χ3v) is 0.583. The molecule has 0 aliphatic rings. The molecule has 0 radical (unpaired) electrons. The second kappa shape index (κ2) is 2.71. The molecular weight excluding hydrogens is 120 g/mol. The molecule has 0 aromatic carbocycles. The largest absolute Gasteiger partial charge is 0.370 e. The fourth-order valence-electron chi connectivity index (χ4n) is 0.224. The van der Waals surface area contributed by atoms with Gasteiger partial charge in [0.2, 0.25) is 0 Å². The van der Waals surface area contributed by atoms with Gasteiger partial charge >= 0.3 is 0 Å². The van der Waals surface area contributed by atoms with E-state index in [-0.39, 0.29) is 11.7 Å². The van der Waals surface area contributed by atoms with Crippen molar-refractivity contribution in [3.8, 4) is 0 Å². The van der Waals surface area contributed by atoms with Gasteiger partial charge in [0.05, 0.1) is 5.70 Å². The van der Waals surface area contributed by atoms with Crippen LogP contribution in [0.1, 0.15) is 0 Å². The summed E-state index contributed by atoms with van der Waals surface area (Å²) in [7, 11) is 0. The van der Waals surface area contributed by atoms with Gasteiger partial charge in [-0.1, -0.05) is 6.58 Å². The molecule has 6 N–H and O–H groups in total. The van der Waals surface area contributed by atoms with Crippen LogP contribution < -0.4 is 16.8 Å². The lowest BCUT2D eigenvalue weighted by Crippen LogP contribution is -2.34. The maximum atomic E-state index is 10.1. The van der Waals surface area contributed by atoms with Crippen LogP contribution in [0.4, 0.5) is 0 Å². The van der Waals surface area contributed by atoms with Crippen LogP contribution in [0.5, 0.6) is 0 Å². The average Bonchev–Trinajstić information content (AvgIpc) is 1.63. The summed E-state index contributed by atoms with van der Waals surface area (Å²) in [4.78, 5) is 10.1. The van der Waals surface area contributed by atoms with Crippen LogP contribution in [0.25, 0.3) is 0 Å². The number of nitrogens with two attached hydrogens (primary N) is 2. The van der Waals surface area contributed by atoms with Crippen molar-refractivity contribution < 1.29 is 4.79 Å². The van der Waals surface area contributed by atoms with Gasteiger partial charge in [-0.2, -0.15) is 0 Å². The Balaban J connectivity index is 3.79. The van der Waals surface area contributed by atoms with Crippen LogP contribution >= 0.6 is 0 Å². The summed E-state index contributed by atoms with van der Waals surface area (Å²) in [5.74, 6) is -1.07. The SMILES string of the molecule is C=C(NC(=N)N)C(N)=O. The van der Waals surface area contributed by atoms with Gasteiger partial charge in [-0.15, -0.1) is 0 Å². The van der Waals surface area contributed by atoms with Gasteiger partial charge in [-0.25, -0.2) is 0 Å². The minimum absolute atomic E-state index is 0.0810. The van der Waals surface area contributed by atoms with E-state index >= 15 is 0 Å². The van der Waals surface area contributed by atoms with Gasteiger partial charge in [0, 0.05) is 0 Å². The summed E-state index contributed by atoms with van der Waals surface area (Å²) in [5, 5.41) is 8.75. The van der Waals surface area contributed by atoms with Gasteiger partial charge < -0.3 is 16.8 Å². The monoisotopic (exact) mass is 128 g/mol. The molecule has 0 spiro atoms. The molecule has 5 heteroatoms. The van der Waals surface area contributed by atoms with Crippen LogP contribution in [-0.4, -0.2) is 11.9 Å². The highest BCUT2D eigenvalue weighted by Crippen LogP contribution is 1.76. The van der Waals surface area contributed by atoms with E-state index in [0.29, 0.717) is 0 Å². The zero-order valence-electron chi connectivity index (χ0n) is 4.77. The molecule has 1 amide bonds. The van der Waals surface area contributed by atoms with E-state index in [4.69, 9.17) is 16.9 Å². The van der Waals surface area contributed by atoms with E-state index in [1.807, 2.05) is 0 Å². The van der Waals surface area contributed by atoms with Crippen molar-refractivity contribution in [3.05, 3.63) is 12.3 Å². The lowest BCUT2D eigenvalue weighted by Gasteiger charge is -2.00. The van der Waals surface area contributed by atoms with Crippen molar-refractivity contribution >= 4 is 11.9 Å². The summed E-state index contributed by atoms with van der Waals surface area (Å²) in [5.41, 5.74) is 9.48. The maximum absolute atomic E-state index is 10.1. The highest BCUT2D eigenvalue weighted by molar-refractivity contribution is 5.95. The number of carbonyl (C=O) groups is 1. The second-order valence-electron chi connectivity index (χ2n) is 1.38. The molecule has 0 aromatic heterocycles. The van der Waals surface area contributed by atoms with Crippen LogP contribution in [-0.2, 0) is 4.79 Å². The predicted molar refractivity (Wildman–Crippen MR) is 33.4 cm³/mol. The predicted octanol–water partition coefficient (Wildman–Crippen LogP) is -1.53. The van der Waals surface area contributed by atoms with E-state index in [2.05, 4.69) is 11.9 Å². The van der Waals surface area contributed by atoms with E-state index in [1.165, 1.54) is 0 Å². The van der Waals surface area contributed by atoms with E-state index in [0.717, 1.165) is 0 Å². The molecular formula is C4H8N4O. The van der Waals surface area contributed by atoms with Gasteiger partial charge in [0.25, 0.3) is 5.91 Å². The Labute approximate surface area is 52.2 Å². The van der Waals surface area contributed by atoms with Crippen molar-refractivity contribution in [1.29, 1.82) is 5.41 Å². The first kappa shape index (κ1) is 7.48. The Morgan fingerprint density at radius 1 is 1.56 bits per heavy atom. The summed E-state index contributed by atoms with van der Waals surface area (Å²) in [6.45, 7) is 3.19. The summed E-state index contributed by atoms with van der Waals surface area (Å²) in [6.07, 6.45) is 0. The van der Waals surface area contributed by atoms with Crippen molar-refractivity contribution in [2.45, 2.75) is 0 Å². The first-order valence-corrected chi connectivity index (χ1v) is 2.14. The van der Waals surface area contributed by atoms with Gasteiger partial charge in [-0.05, 0) is 0 Å². The smallest absolute Gasteiger partial charge is 0.264 e. The molecule has 5 nitrogen and oxygen atoms in total. The van der Waals surface area contributed by atoms with Crippen LogP contribution in [0.15, 0.2) is 12.3 Å². The van der Waals surface area contributed by atoms with Gasteiger partial charge in [-0.3, -0.25) is 10.2 Å². The first-order valence-electron chi connectivity index (χ1n) is 2.14. The number of amides is 1. The van der Waals surface area contributed by atoms with Crippen LogP contribution in [0.2, 0.25) is 0 Å². The Hall–Kier alpha value is -1.52. The Morgan fingerprint density at radius 2 is 2.00 bits per heavy atom. The number of hydrogen-bond donors (Lipinski definition) is 4. The highest BCUT2D eigenvalue weighted by Gasteiger charge is 1.98. The normalized spacial score (nSPS) is 8.00. The standard InChI is InChI=1S/C4H8N4O/c1-2(3(5)9)8-4(6)7/h1H2,(H2,5,9)(H4,6,7,8). The maximum Gasteiger partial charge on any atom is 0.264 e. The van der Waals surface area contributed by atoms with E-state index in [1.54, 1.807) is 0 Å². The number of guanidine groups is 1. The van der Waals surface area contributed by atoms with Gasteiger partial charge in [0.15, 0.2) is 5.96 Å². The minimum atomic E-state index is -0.717. The van der Waals surface area contributed by atoms with Crippen molar-refractivity contribution in [2.75, 3.05) is 0 Å². The quantitative estimate of drug-likeness (QED) is 0.206. The van der Waals surface area contributed by atoms with Gasteiger partial charge in [0.1, 0.15) is 0 Å². The fourth-order valence-corrected chi connectivity index (χ4v) is 0.224. The van der Waals surface area contributed by atoms with Crippen molar-refractivity contribution in [2.24, 2.45) is 11.5 Å². The zero-order valence-corrected chi connectivity index (χ0v) is 4.77. The molecule has 0 aliphatic carbocycles. The molecule has 0 bridgehead atoms. The second-order valence-corrected chi connectivity index (χ2v) is 1.38. The zero-order chi connectivity index (χ0) is 7.44. The fraction of sp³-hybridized carbons (Fsp3) is 0. The lowest BCUT2D eigenvalue weighted by molar-refractivity contribution is -0.114. The number of nitrogens with one attached hydrogen (secondary N) is 2. The molecule has 0 rings (SSSR count). The molecule has 0 fully saturated rings. The third kappa shape index (κ3) is 3.10. The third-order valence-electron chi connectivity index (χ3n) is 0.583. The molecule has 0 aliphatic heterocycles. The average molecular weight is 128 g/mol. The summed E-state index contributed by atoms with van der Waals surface area (Å²) >= 11 is 0. The highest BCUT2D eigenvalue weighted by atomic mass is 16.1. The van der Waals surface area contributed by atoms with Crippen LogP contribution in [0.3, 0.4) is 0 Å². The Morgan fingerprint density at radius 3 is 2.11 bits per heavy atom. The number of carbonyl (C=O) groups excluding carboxylic acids is 1. The minimum Gasteiger partial charge on any atom is -0.370 e. The summed E-state index contributed by atoms with van der Waals surface area (Å²) < 4.78 is 0. The van der Waals surface area contributed by atoms with E-state index in [9.17, 15) is 4.79 Å². The van der Waals surface area contributed by atoms with E-state index < -0.39 is 5.91 Å². The van der Waals surface area contributed by atoms with Crippen LogP contribution in [0, 0.1) is 5.41 Å². The molecule has 0 atom stereocenters. The molecule has 0 unspecified atom stereocenters. The van der Waals surface area contributed by atoms with Crippen molar-refractivity contribution in [3.63, 3.8) is 0 Å². The first-order chi connectivity index (χ1) is 4.04. The number of primary amides is 1. The molecule has 50 valence electrons. The number of rotatable bonds is 2. The van der Waals surface area contributed by atoms with Crippen molar-refractivity contribution in [1.82, 2.24) is 5.32 Å². The summed E-state index contributed by atoms with van der Waals surface area (Å²) in [6, 6.07) is 0. The molecule has 9 heavy (non-hydrogen) atoms. The molecule has 0 saturated heterocycles.